The van der Waals surface area contributed by atoms with E-state index in [0.717, 1.165) is 23.3 Å². The maximum absolute atomic E-state index is 14.8. The number of nitrogens with one attached hydrogen (secondary N) is 1. The molecule has 0 saturated carbocycles. The van der Waals surface area contributed by atoms with Crippen molar-refractivity contribution in [1.29, 1.82) is 0 Å². The molecule has 2 atom stereocenters. The van der Waals surface area contributed by atoms with Gasteiger partial charge in [-0.25, -0.2) is 8.78 Å². The van der Waals surface area contributed by atoms with E-state index in [0.29, 0.717) is 36.8 Å². The van der Waals surface area contributed by atoms with E-state index in [9.17, 15) is 26.7 Å². The van der Waals surface area contributed by atoms with Crippen LogP contribution >= 0.6 is 0 Å². The van der Waals surface area contributed by atoms with Gasteiger partial charge in [0.25, 0.3) is 0 Å². The van der Waals surface area contributed by atoms with Crippen LogP contribution in [0.5, 0.6) is 0 Å². The lowest BCUT2D eigenvalue weighted by atomic mass is 9.83. The zero-order valence-electron chi connectivity index (χ0n) is 19.6. The van der Waals surface area contributed by atoms with Crippen molar-refractivity contribution in [3.05, 3.63) is 106 Å². The minimum Gasteiger partial charge on any atom is -0.359 e. The number of halogens is 5. The second-order valence-corrected chi connectivity index (χ2v) is 8.75. The molecule has 186 valence electrons. The van der Waals surface area contributed by atoms with Crippen LogP contribution in [0.1, 0.15) is 58.9 Å². The van der Waals surface area contributed by atoms with E-state index in [2.05, 4.69) is 5.32 Å². The van der Waals surface area contributed by atoms with Crippen molar-refractivity contribution in [1.82, 2.24) is 5.32 Å². The lowest BCUT2D eigenvalue weighted by molar-refractivity contribution is -0.137. The van der Waals surface area contributed by atoms with Crippen LogP contribution in [0.3, 0.4) is 0 Å². The van der Waals surface area contributed by atoms with E-state index in [1.807, 2.05) is 6.92 Å². The number of hydrogen-bond acceptors (Lipinski definition) is 1. The van der Waals surface area contributed by atoms with Gasteiger partial charge in [-0.15, -0.1) is 0 Å². The molecule has 0 unspecified atom stereocenters. The van der Waals surface area contributed by atoms with Crippen LogP contribution in [-0.4, -0.2) is 13.0 Å². The fourth-order valence-electron chi connectivity index (χ4n) is 4.32. The Labute approximate surface area is 202 Å². The molecule has 3 aromatic rings. The molecule has 0 aliphatic rings. The molecule has 0 saturated heterocycles. The molecule has 0 aromatic heterocycles. The van der Waals surface area contributed by atoms with Gasteiger partial charge in [0.15, 0.2) is 0 Å². The number of carbonyl (C=O) groups is 1. The fraction of sp³-hybridized carbons (Fsp3) is 0.321. The standard InChI is InChI=1S/C28H28F5NO/c1-18-3-16-26(30)25(17-18)21(7-4-19-5-11-22(12-6-19)28(31,32)33)10-15-24(27(35)34-2)20-8-13-23(29)14-9-20/h3,5-6,8-9,11-14,16-17,21,24H,4,7,10,15H2,1-2H3,(H,34,35)/t21-,24-/m1/s1. The second kappa shape index (κ2) is 11.5. The van der Waals surface area contributed by atoms with Crippen LogP contribution < -0.4 is 5.32 Å². The van der Waals surface area contributed by atoms with E-state index in [4.69, 9.17) is 0 Å². The highest BCUT2D eigenvalue weighted by Crippen LogP contribution is 2.34. The first-order valence-corrected chi connectivity index (χ1v) is 11.5. The molecule has 0 aliphatic heterocycles. The largest absolute Gasteiger partial charge is 0.416 e. The molecule has 0 radical (unpaired) electrons. The zero-order chi connectivity index (χ0) is 25.6. The Hall–Kier alpha value is -3.22. The smallest absolute Gasteiger partial charge is 0.359 e. The van der Waals surface area contributed by atoms with Crippen LogP contribution in [0.4, 0.5) is 22.0 Å². The second-order valence-electron chi connectivity index (χ2n) is 8.75. The van der Waals surface area contributed by atoms with Gasteiger partial charge >= 0.3 is 6.18 Å². The molecule has 1 amide bonds. The minimum absolute atomic E-state index is 0.220. The molecular weight excluding hydrogens is 461 g/mol. The summed E-state index contributed by atoms with van der Waals surface area (Å²) in [7, 11) is 1.53. The predicted octanol–water partition coefficient (Wildman–Crippen LogP) is 7.32. The van der Waals surface area contributed by atoms with Crippen LogP contribution in [0.2, 0.25) is 0 Å². The highest BCUT2D eigenvalue weighted by molar-refractivity contribution is 5.83. The Balaban J connectivity index is 1.82. The maximum atomic E-state index is 14.8. The Morgan fingerprint density at radius 3 is 2.14 bits per heavy atom. The van der Waals surface area contributed by atoms with Crippen LogP contribution in [0.25, 0.3) is 0 Å². The predicted molar refractivity (Wildman–Crippen MR) is 126 cm³/mol. The van der Waals surface area contributed by atoms with Crippen molar-refractivity contribution in [2.75, 3.05) is 7.05 Å². The molecule has 1 N–H and O–H groups in total. The van der Waals surface area contributed by atoms with Gasteiger partial charge in [-0.2, -0.15) is 13.2 Å². The minimum atomic E-state index is -4.40. The summed E-state index contributed by atoms with van der Waals surface area (Å²) in [5.74, 6) is -1.78. The molecule has 7 heteroatoms. The van der Waals surface area contributed by atoms with Gasteiger partial charge < -0.3 is 5.32 Å². The molecule has 0 spiro atoms. The van der Waals surface area contributed by atoms with Crippen molar-refractivity contribution in [3.63, 3.8) is 0 Å². The molecular formula is C28H28F5NO. The quantitative estimate of drug-likeness (QED) is 0.314. The van der Waals surface area contributed by atoms with E-state index in [1.54, 1.807) is 24.3 Å². The SMILES string of the molecule is CNC(=O)[C@H](CC[C@@H](CCc1ccc(C(F)(F)F)cc1)c1cc(C)ccc1F)c1ccc(F)cc1. The number of alkyl halides is 3. The number of carbonyl (C=O) groups excluding carboxylic acids is 1. The van der Waals surface area contributed by atoms with Crippen molar-refractivity contribution < 1.29 is 26.7 Å². The molecule has 0 fully saturated rings. The maximum Gasteiger partial charge on any atom is 0.416 e. The first-order valence-electron chi connectivity index (χ1n) is 11.5. The van der Waals surface area contributed by atoms with E-state index in [1.165, 1.54) is 37.4 Å². The first-order chi connectivity index (χ1) is 16.6. The summed E-state index contributed by atoms with van der Waals surface area (Å²) in [4.78, 5) is 12.6. The van der Waals surface area contributed by atoms with Gasteiger partial charge in [0, 0.05) is 7.05 Å². The molecule has 0 bridgehead atoms. The van der Waals surface area contributed by atoms with E-state index < -0.39 is 23.5 Å². The van der Waals surface area contributed by atoms with Gasteiger partial charge in [-0.05, 0) is 85.5 Å². The number of amides is 1. The summed E-state index contributed by atoms with van der Waals surface area (Å²) in [6.45, 7) is 1.86. The van der Waals surface area contributed by atoms with E-state index >= 15 is 0 Å². The molecule has 35 heavy (non-hydrogen) atoms. The van der Waals surface area contributed by atoms with Gasteiger partial charge in [0.1, 0.15) is 11.6 Å². The zero-order valence-corrected chi connectivity index (χ0v) is 19.6. The molecule has 3 rings (SSSR count). The number of likely N-dealkylation sites (N-methyl/N-ethyl adjacent to an activating group) is 1. The summed E-state index contributed by atoms with van der Waals surface area (Å²) in [6, 6.07) is 15.6. The van der Waals surface area contributed by atoms with Gasteiger partial charge in [0.05, 0.1) is 11.5 Å². The summed E-state index contributed by atoms with van der Waals surface area (Å²) >= 11 is 0. The number of hydrogen-bond donors (Lipinski definition) is 1. The lowest BCUT2D eigenvalue weighted by Gasteiger charge is -2.22. The Bertz CT molecular complexity index is 1120. The number of benzene rings is 3. The van der Waals surface area contributed by atoms with Gasteiger partial charge in [0.2, 0.25) is 5.91 Å². The van der Waals surface area contributed by atoms with Crippen molar-refractivity contribution in [2.45, 2.75) is 50.6 Å². The van der Waals surface area contributed by atoms with Crippen LogP contribution in [-0.2, 0) is 17.4 Å². The third-order valence-corrected chi connectivity index (χ3v) is 6.29. The third kappa shape index (κ3) is 7.13. The summed E-state index contributed by atoms with van der Waals surface area (Å²) in [5.41, 5.74) is 2.08. The lowest BCUT2D eigenvalue weighted by Crippen LogP contribution is -2.26. The Morgan fingerprint density at radius 1 is 0.886 bits per heavy atom. The summed E-state index contributed by atoms with van der Waals surface area (Å²) in [5, 5.41) is 2.64. The highest BCUT2D eigenvalue weighted by atomic mass is 19.4. The van der Waals surface area contributed by atoms with Gasteiger partial charge in [-0.1, -0.05) is 42.0 Å². The summed E-state index contributed by atoms with van der Waals surface area (Å²) in [6.07, 6.45) is -2.58. The monoisotopic (exact) mass is 489 g/mol. The molecule has 0 aliphatic carbocycles. The average molecular weight is 490 g/mol. The number of rotatable bonds is 9. The van der Waals surface area contributed by atoms with Gasteiger partial charge in [-0.3, -0.25) is 4.79 Å². The number of aryl methyl sites for hydroxylation is 2. The van der Waals surface area contributed by atoms with Crippen molar-refractivity contribution >= 4 is 5.91 Å². The summed E-state index contributed by atoms with van der Waals surface area (Å²) < 4.78 is 66.8. The third-order valence-electron chi connectivity index (χ3n) is 6.29. The van der Waals surface area contributed by atoms with Crippen LogP contribution in [0, 0.1) is 18.6 Å². The molecule has 0 heterocycles. The molecule has 3 aromatic carbocycles. The Morgan fingerprint density at radius 2 is 1.54 bits per heavy atom. The Kier molecular flexibility index (Phi) is 8.65. The van der Waals surface area contributed by atoms with Crippen molar-refractivity contribution in [2.24, 2.45) is 0 Å². The highest BCUT2D eigenvalue weighted by Gasteiger charge is 2.30. The van der Waals surface area contributed by atoms with Crippen LogP contribution in [0.15, 0.2) is 66.7 Å². The van der Waals surface area contributed by atoms with E-state index in [-0.39, 0.29) is 17.6 Å². The average Bonchev–Trinajstić information content (AvgIpc) is 2.83. The first kappa shape index (κ1) is 26.4. The topological polar surface area (TPSA) is 29.1 Å². The van der Waals surface area contributed by atoms with Crippen molar-refractivity contribution in [3.8, 4) is 0 Å². The normalized spacial score (nSPS) is 13.3. The fourth-order valence-corrected chi connectivity index (χ4v) is 4.32. The molecule has 2 nitrogen and oxygen atoms in total.